The van der Waals surface area contributed by atoms with E-state index in [9.17, 15) is 0 Å². The molecule has 1 aromatic heterocycles. The summed E-state index contributed by atoms with van der Waals surface area (Å²) in [5, 5.41) is 4.66. The van der Waals surface area contributed by atoms with Gasteiger partial charge in [-0.1, -0.05) is 29.3 Å². The summed E-state index contributed by atoms with van der Waals surface area (Å²) in [4.78, 5) is 3.40. The van der Waals surface area contributed by atoms with E-state index in [0.29, 0.717) is 10.0 Å². The Morgan fingerprint density at radius 2 is 1.85 bits per heavy atom. The van der Waals surface area contributed by atoms with Crippen LogP contribution < -0.4 is 5.32 Å². The summed E-state index contributed by atoms with van der Waals surface area (Å²) in [6, 6.07) is 5.65. The third-order valence-electron chi connectivity index (χ3n) is 3.70. The number of halogens is 2. The van der Waals surface area contributed by atoms with Crippen LogP contribution in [0.1, 0.15) is 17.7 Å². The highest BCUT2D eigenvalue weighted by Crippen LogP contribution is 2.33. The Morgan fingerprint density at radius 3 is 2.50 bits per heavy atom. The van der Waals surface area contributed by atoms with Crippen molar-refractivity contribution < 1.29 is 0 Å². The van der Waals surface area contributed by atoms with Gasteiger partial charge in [-0.15, -0.1) is 0 Å². The van der Waals surface area contributed by atoms with E-state index in [1.165, 1.54) is 16.8 Å². The minimum Gasteiger partial charge on any atom is -0.361 e. The molecular weight excluding hydrogens is 291 g/mol. The lowest BCUT2D eigenvalue weighted by atomic mass is 9.98. The molecule has 1 aliphatic heterocycles. The number of hydrogen-bond acceptors (Lipinski definition) is 1. The molecule has 0 unspecified atom stereocenters. The third-order valence-corrected chi connectivity index (χ3v) is 4.13. The Kier molecular flexibility index (Phi) is 3.88. The summed E-state index contributed by atoms with van der Waals surface area (Å²) in [6.07, 6.45) is 5.34. The second-order valence-electron chi connectivity index (χ2n) is 5.04. The number of nitrogens with one attached hydrogen (secondary N) is 2. The molecule has 3 rings (SSSR count). The van der Waals surface area contributed by atoms with E-state index in [2.05, 4.69) is 23.3 Å². The van der Waals surface area contributed by atoms with Gasteiger partial charge in [0.25, 0.3) is 0 Å². The molecule has 0 bridgehead atoms. The summed E-state index contributed by atoms with van der Waals surface area (Å²) in [5.41, 5.74) is 6.05. The van der Waals surface area contributed by atoms with Crippen molar-refractivity contribution in [3.8, 4) is 11.1 Å². The summed E-state index contributed by atoms with van der Waals surface area (Å²) < 4.78 is 0. The van der Waals surface area contributed by atoms with E-state index in [-0.39, 0.29) is 0 Å². The predicted molar refractivity (Wildman–Crippen MR) is 86.4 cm³/mol. The zero-order chi connectivity index (χ0) is 14.1. The van der Waals surface area contributed by atoms with Crippen LogP contribution in [0.4, 0.5) is 0 Å². The van der Waals surface area contributed by atoms with Crippen LogP contribution in [0.5, 0.6) is 0 Å². The van der Waals surface area contributed by atoms with Gasteiger partial charge in [-0.3, -0.25) is 0 Å². The Labute approximate surface area is 128 Å². The molecule has 0 spiro atoms. The largest absolute Gasteiger partial charge is 0.361 e. The average Bonchev–Trinajstić information content (AvgIpc) is 2.80. The highest BCUT2D eigenvalue weighted by atomic mass is 35.5. The van der Waals surface area contributed by atoms with Gasteiger partial charge in [0.1, 0.15) is 0 Å². The van der Waals surface area contributed by atoms with Crippen LogP contribution in [-0.4, -0.2) is 18.1 Å². The Balaban J connectivity index is 2.03. The van der Waals surface area contributed by atoms with Crippen LogP contribution in [0.2, 0.25) is 10.0 Å². The van der Waals surface area contributed by atoms with Gasteiger partial charge in [-0.2, -0.15) is 0 Å². The zero-order valence-electron chi connectivity index (χ0n) is 11.3. The van der Waals surface area contributed by atoms with Crippen molar-refractivity contribution in [3.63, 3.8) is 0 Å². The van der Waals surface area contributed by atoms with Crippen LogP contribution in [-0.2, 0) is 0 Å². The van der Waals surface area contributed by atoms with Gasteiger partial charge in [-0.25, -0.2) is 0 Å². The first-order valence-electron chi connectivity index (χ1n) is 6.69. The quantitative estimate of drug-likeness (QED) is 0.829. The monoisotopic (exact) mass is 306 g/mol. The van der Waals surface area contributed by atoms with E-state index < -0.39 is 0 Å². The second-order valence-corrected chi connectivity index (χ2v) is 5.92. The lowest BCUT2D eigenvalue weighted by Gasteiger charge is -2.14. The highest BCUT2D eigenvalue weighted by molar-refractivity contribution is 6.35. The normalized spacial score (nSPS) is 15.2. The summed E-state index contributed by atoms with van der Waals surface area (Å²) >= 11 is 12.2. The number of H-pyrrole nitrogens is 1. The van der Waals surface area contributed by atoms with Gasteiger partial charge in [-0.05, 0) is 54.8 Å². The number of rotatable bonds is 2. The molecule has 2 N–H and O–H groups in total. The van der Waals surface area contributed by atoms with E-state index in [1.807, 2.05) is 18.3 Å². The first-order chi connectivity index (χ1) is 9.65. The fourth-order valence-electron chi connectivity index (χ4n) is 2.69. The van der Waals surface area contributed by atoms with E-state index in [0.717, 1.165) is 30.6 Å². The fourth-order valence-corrected chi connectivity index (χ4v) is 3.21. The van der Waals surface area contributed by atoms with E-state index in [1.54, 1.807) is 6.07 Å². The molecule has 1 aromatic carbocycles. The molecule has 4 heteroatoms. The molecular formula is C16H16Cl2N2. The zero-order valence-corrected chi connectivity index (χ0v) is 12.8. The predicted octanol–water partition coefficient (Wildman–Crippen LogP) is 4.67. The SMILES string of the molecule is Cc1c(-c2cc(Cl)cc(Cl)c2)c[nH]c1C1=CCNCC1. The van der Waals surface area contributed by atoms with Crippen molar-refractivity contribution in [2.24, 2.45) is 0 Å². The maximum atomic E-state index is 6.09. The van der Waals surface area contributed by atoms with Crippen molar-refractivity contribution in [1.82, 2.24) is 10.3 Å². The van der Waals surface area contributed by atoms with Crippen molar-refractivity contribution in [1.29, 1.82) is 0 Å². The number of benzene rings is 1. The Hall–Kier alpha value is -1.22. The minimum absolute atomic E-state index is 0.663. The third kappa shape index (κ3) is 2.64. The molecule has 2 aromatic rings. The van der Waals surface area contributed by atoms with Gasteiger partial charge in [0, 0.05) is 34.0 Å². The summed E-state index contributed by atoms with van der Waals surface area (Å²) in [7, 11) is 0. The molecule has 2 heterocycles. The van der Waals surface area contributed by atoms with Gasteiger partial charge in [0.05, 0.1) is 0 Å². The Morgan fingerprint density at radius 1 is 1.10 bits per heavy atom. The van der Waals surface area contributed by atoms with E-state index in [4.69, 9.17) is 23.2 Å². The van der Waals surface area contributed by atoms with Crippen LogP contribution in [0.15, 0.2) is 30.5 Å². The molecule has 0 saturated heterocycles. The van der Waals surface area contributed by atoms with Gasteiger partial charge < -0.3 is 10.3 Å². The molecule has 2 nitrogen and oxygen atoms in total. The second kappa shape index (κ2) is 5.65. The lowest BCUT2D eigenvalue weighted by molar-refractivity contribution is 0.737. The van der Waals surface area contributed by atoms with Gasteiger partial charge in [0.15, 0.2) is 0 Å². The lowest BCUT2D eigenvalue weighted by Crippen LogP contribution is -2.20. The molecule has 0 amide bonds. The number of hydrogen-bond donors (Lipinski definition) is 2. The molecule has 0 aliphatic carbocycles. The first-order valence-corrected chi connectivity index (χ1v) is 7.45. The average molecular weight is 307 g/mol. The fraction of sp³-hybridized carbons (Fsp3) is 0.250. The summed E-state index contributed by atoms with van der Waals surface area (Å²) in [6.45, 7) is 4.10. The van der Waals surface area contributed by atoms with Crippen molar-refractivity contribution in [2.75, 3.05) is 13.1 Å². The first kappa shape index (κ1) is 13.7. The molecule has 20 heavy (non-hydrogen) atoms. The number of aromatic nitrogens is 1. The van der Waals surface area contributed by atoms with Crippen LogP contribution >= 0.6 is 23.2 Å². The van der Waals surface area contributed by atoms with E-state index >= 15 is 0 Å². The van der Waals surface area contributed by atoms with Crippen molar-refractivity contribution in [3.05, 3.63) is 51.8 Å². The molecule has 0 radical (unpaired) electrons. The highest BCUT2D eigenvalue weighted by Gasteiger charge is 2.14. The maximum absolute atomic E-state index is 6.09. The van der Waals surface area contributed by atoms with Gasteiger partial charge in [0.2, 0.25) is 0 Å². The molecule has 0 atom stereocenters. The van der Waals surface area contributed by atoms with Crippen LogP contribution in [0.3, 0.4) is 0 Å². The molecule has 0 saturated carbocycles. The van der Waals surface area contributed by atoms with Crippen LogP contribution in [0, 0.1) is 6.92 Å². The minimum atomic E-state index is 0.663. The molecule has 104 valence electrons. The topological polar surface area (TPSA) is 27.8 Å². The summed E-state index contributed by atoms with van der Waals surface area (Å²) in [5.74, 6) is 0. The smallest absolute Gasteiger partial charge is 0.0446 e. The Bertz CT molecular complexity index is 651. The maximum Gasteiger partial charge on any atom is 0.0446 e. The molecule has 1 aliphatic rings. The van der Waals surface area contributed by atoms with Gasteiger partial charge >= 0.3 is 0 Å². The van der Waals surface area contributed by atoms with Crippen molar-refractivity contribution in [2.45, 2.75) is 13.3 Å². The number of aromatic amines is 1. The standard InChI is InChI=1S/C16H16Cl2N2/c1-10-15(12-6-13(17)8-14(18)7-12)9-20-16(10)11-2-4-19-5-3-11/h2,6-9,19-20H,3-5H2,1H3. The molecule has 0 fully saturated rings. The van der Waals surface area contributed by atoms with Crippen molar-refractivity contribution >= 4 is 28.8 Å². The van der Waals surface area contributed by atoms with Crippen LogP contribution in [0.25, 0.3) is 16.7 Å².